The van der Waals surface area contributed by atoms with E-state index in [9.17, 15) is 21.6 Å². The molecule has 0 aromatic heterocycles. The molecule has 1 aromatic carbocycles. The van der Waals surface area contributed by atoms with Crippen molar-refractivity contribution in [2.75, 3.05) is 19.6 Å². The van der Waals surface area contributed by atoms with Crippen LogP contribution < -0.4 is 4.72 Å². The first-order valence-electron chi connectivity index (χ1n) is 7.64. The summed E-state index contributed by atoms with van der Waals surface area (Å²) in [6.07, 6.45) is -2.19. The Labute approximate surface area is 146 Å². The second kappa shape index (κ2) is 8.51. The zero-order chi connectivity index (χ0) is 17.1. The van der Waals surface area contributed by atoms with E-state index in [0.29, 0.717) is 18.9 Å². The van der Waals surface area contributed by atoms with Crippen LogP contribution in [-0.4, -0.2) is 39.0 Å². The van der Waals surface area contributed by atoms with Gasteiger partial charge in [0.1, 0.15) is 0 Å². The third-order valence-electron chi connectivity index (χ3n) is 3.92. The Bertz CT molecular complexity index is 630. The number of nitrogens with one attached hydrogen (secondary N) is 1. The standard InChI is InChI=1S/C15H21F3N2O2S.ClH/c1-2-8-20-9-6-13(7-10-20)19-23(21,22)14-5-3-4-12(11-14)15(16,17)18;/h3-5,11,13,19H,2,6-10H2,1H3;1H. The van der Waals surface area contributed by atoms with Gasteiger partial charge in [0.15, 0.2) is 0 Å². The van der Waals surface area contributed by atoms with Gasteiger partial charge in [-0.25, -0.2) is 13.1 Å². The average Bonchev–Trinajstić information content (AvgIpc) is 2.49. The lowest BCUT2D eigenvalue weighted by atomic mass is 10.1. The van der Waals surface area contributed by atoms with Gasteiger partial charge in [-0.15, -0.1) is 12.4 Å². The van der Waals surface area contributed by atoms with Crippen LogP contribution >= 0.6 is 12.4 Å². The van der Waals surface area contributed by atoms with Gasteiger partial charge in [0, 0.05) is 6.04 Å². The van der Waals surface area contributed by atoms with Gasteiger partial charge < -0.3 is 4.90 Å². The molecule has 1 N–H and O–H groups in total. The van der Waals surface area contributed by atoms with Crippen molar-refractivity contribution in [2.24, 2.45) is 0 Å². The average molecular weight is 387 g/mol. The number of alkyl halides is 3. The molecule has 0 saturated carbocycles. The summed E-state index contributed by atoms with van der Waals surface area (Å²) in [5.74, 6) is 0. The zero-order valence-corrected chi connectivity index (χ0v) is 15.0. The van der Waals surface area contributed by atoms with Gasteiger partial charge in [0.05, 0.1) is 10.5 Å². The van der Waals surface area contributed by atoms with Crippen molar-refractivity contribution in [1.29, 1.82) is 0 Å². The summed E-state index contributed by atoms with van der Waals surface area (Å²) in [6.45, 7) is 4.66. The predicted molar refractivity (Wildman–Crippen MR) is 88.8 cm³/mol. The molecule has 0 spiro atoms. The van der Waals surface area contributed by atoms with Crippen LogP contribution in [0.1, 0.15) is 31.7 Å². The monoisotopic (exact) mass is 386 g/mol. The fraction of sp³-hybridized carbons (Fsp3) is 0.600. The number of rotatable bonds is 5. The number of hydrogen-bond acceptors (Lipinski definition) is 3. The van der Waals surface area contributed by atoms with Crippen molar-refractivity contribution in [3.05, 3.63) is 29.8 Å². The zero-order valence-electron chi connectivity index (χ0n) is 13.3. The first kappa shape index (κ1) is 21.2. The number of benzene rings is 1. The second-order valence-electron chi connectivity index (χ2n) is 5.76. The highest BCUT2D eigenvalue weighted by Gasteiger charge is 2.32. The second-order valence-corrected chi connectivity index (χ2v) is 7.48. The normalized spacial score (nSPS) is 17.5. The smallest absolute Gasteiger partial charge is 0.303 e. The molecule has 9 heteroatoms. The number of nitrogens with zero attached hydrogens (tertiary/aromatic N) is 1. The molecule has 0 atom stereocenters. The van der Waals surface area contributed by atoms with Crippen molar-refractivity contribution < 1.29 is 21.6 Å². The molecule has 1 aliphatic heterocycles. The summed E-state index contributed by atoms with van der Waals surface area (Å²) in [5.41, 5.74) is -0.960. The number of piperidine rings is 1. The fourth-order valence-electron chi connectivity index (χ4n) is 2.72. The lowest BCUT2D eigenvalue weighted by Crippen LogP contribution is -2.44. The molecule has 0 unspecified atom stereocenters. The van der Waals surface area contributed by atoms with Crippen LogP contribution in [-0.2, 0) is 16.2 Å². The van der Waals surface area contributed by atoms with Gasteiger partial charge in [-0.2, -0.15) is 13.2 Å². The molecule has 138 valence electrons. The molecular weight excluding hydrogens is 365 g/mol. The Morgan fingerprint density at radius 3 is 2.42 bits per heavy atom. The maximum absolute atomic E-state index is 12.7. The van der Waals surface area contributed by atoms with Gasteiger partial charge in [0.2, 0.25) is 10.0 Å². The van der Waals surface area contributed by atoms with E-state index in [2.05, 4.69) is 16.5 Å². The molecule has 1 fully saturated rings. The van der Waals surface area contributed by atoms with E-state index < -0.39 is 21.8 Å². The summed E-state index contributed by atoms with van der Waals surface area (Å²) in [5, 5.41) is 0. The quantitative estimate of drug-likeness (QED) is 0.844. The molecular formula is C15H22ClF3N2O2S. The van der Waals surface area contributed by atoms with Crippen LogP contribution in [0.2, 0.25) is 0 Å². The first-order valence-corrected chi connectivity index (χ1v) is 9.12. The number of sulfonamides is 1. The largest absolute Gasteiger partial charge is 0.416 e. The summed E-state index contributed by atoms with van der Waals surface area (Å²) >= 11 is 0. The molecule has 2 rings (SSSR count). The van der Waals surface area contributed by atoms with Crippen LogP contribution in [0.25, 0.3) is 0 Å². The molecule has 0 bridgehead atoms. The Balaban J connectivity index is 0.00000288. The lowest BCUT2D eigenvalue weighted by Gasteiger charge is -2.31. The number of hydrogen-bond donors (Lipinski definition) is 1. The molecule has 1 heterocycles. The van der Waals surface area contributed by atoms with E-state index >= 15 is 0 Å². The maximum atomic E-state index is 12.7. The molecule has 0 amide bonds. The lowest BCUT2D eigenvalue weighted by molar-refractivity contribution is -0.137. The first-order chi connectivity index (χ1) is 10.7. The van der Waals surface area contributed by atoms with Crippen LogP contribution in [0.3, 0.4) is 0 Å². The van der Waals surface area contributed by atoms with E-state index in [4.69, 9.17) is 0 Å². The van der Waals surface area contributed by atoms with Crippen molar-refractivity contribution in [1.82, 2.24) is 9.62 Å². The summed E-state index contributed by atoms with van der Waals surface area (Å²) in [7, 11) is -3.94. The van der Waals surface area contributed by atoms with Crippen LogP contribution in [0.4, 0.5) is 13.2 Å². The SMILES string of the molecule is CCCN1CCC(NS(=O)(=O)c2cccc(C(F)(F)F)c2)CC1.Cl. The molecule has 1 saturated heterocycles. The van der Waals surface area contributed by atoms with Crippen molar-refractivity contribution in [3.8, 4) is 0 Å². The van der Waals surface area contributed by atoms with Crippen LogP contribution in [0.5, 0.6) is 0 Å². The molecule has 1 aliphatic rings. The van der Waals surface area contributed by atoms with Crippen molar-refractivity contribution in [2.45, 2.75) is 43.3 Å². The highest BCUT2D eigenvalue weighted by molar-refractivity contribution is 7.89. The highest BCUT2D eigenvalue weighted by atomic mass is 35.5. The van der Waals surface area contributed by atoms with Crippen molar-refractivity contribution in [3.63, 3.8) is 0 Å². The Morgan fingerprint density at radius 2 is 1.88 bits per heavy atom. The molecule has 0 aliphatic carbocycles. The summed E-state index contributed by atoms with van der Waals surface area (Å²) in [4.78, 5) is 1.91. The van der Waals surface area contributed by atoms with Gasteiger partial charge in [-0.05, 0) is 57.1 Å². The number of likely N-dealkylation sites (tertiary alicyclic amines) is 1. The van der Waals surface area contributed by atoms with E-state index in [1.807, 2.05) is 0 Å². The van der Waals surface area contributed by atoms with Crippen molar-refractivity contribution >= 4 is 22.4 Å². The highest BCUT2D eigenvalue weighted by Crippen LogP contribution is 2.30. The molecule has 0 radical (unpaired) electrons. The minimum absolute atomic E-state index is 0. The fourth-order valence-corrected chi connectivity index (χ4v) is 4.07. The third kappa shape index (κ3) is 5.61. The van der Waals surface area contributed by atoms with Gasteiger partial charge in [0.25, 0.3) is 0 Å². The Hall–Kier alpha value is -0.830. The van der Waals surface area contributed by atoms with E-state index in [-0.39, 0.29) is 23.3 Å². The van der Waals surface area contributed by atoms with E-state index in [0.717, 1.165) is 38.2 Å². The van der Waals surface area contributed by atoms with E-state index in [1.54, 1.807) is 0 Å². The van der Waals surface area contributed by atoms with Gasteiger partial charge in [-0.3, -0.25) is 0 Å². The van der Waals surface area contributed by atoms with Gasteiger partial charge in [-0.1, -0.05) is 13.0 Å². The minimum atomic E-state index is -4.56. The Kier molecular flexibility index (Phi) is 7.52. The minimum Gasteiger partial charge on any atom is -0.303 e. The van der Waals surface area contributed by atoms with Gasteiger partial charge >= 0.3 is 6.18 Å². The van der Waals surface area contributed by atoms with Crippen LogP contribution in [0, 0.1) is 0 Å². The predicted octanol–water partition coefficient (Wildman–Crippen LogP) is 3.28. The Morgan fingerprint density at radius 1 is 1.25 bits per heavy atom. The van der Waals surface area contributed by atoms with Crippen LogP contribution in [0.15, 0.2) is 29.2 Å². The maximum Gasteiger partial charge on any atom is 0.416 e. The topological polar surface area (TPSA) is 49.4 Å². The molecule has 24 heavy (non-hydrogen) atoms. The molecule has 4 nitrogen and oxygen atoms in total. The van der Waals surface area contributed by atoms with E-state index in [1.165, 1.54) is 6.07 Å². The summed E-state index contributed by atoms with van der Waals surface area (Å²) in [6, 6.07) is 3.60. The summed E-state index contributed by atoms with van der Waals surface area (Å²) < 4.78 is 65.2. The number of halogens is 4. The third-order valence-corrected chi connectivity index (χ3v) is 5.44. The molecule has 1 aromatic rings.